The van der Waals surface area contributed by atoms with E-state index in [9.17, 15) is 9.59 Å². The highest BCUT2D eigenvalue weighted by molar-refractivity contribution is 7.18. The van der Waals surface area contributed by atoms with Crippen LogP contribution >= 0.6 is 11.3 Å². The van der Waals surface area contributed by atoms with Crippen LogP contribution in [-0.2, 0) is 0 Å². The summed E-state index contributed by atoms with van der Waals surface area (Å²) in [6.07, 6.45) is 7.49. The third kappa shape index (κ3) is 4.27. The average Bonchev–Trinajstić information content (AvgIpc) is 3.09. The standard InChI is InChI=1S/C23H30N4O2S/c1-15-12-18-19(13-16(15)2)27-21(28)14-20(30-23(27)25-18)22(29)24-10-7-11-26(3)17-8-5-4-6-9-17/h12-14,17H,4-11H2,1-3H3,(H,24,29). The number of nitrogens with one attached hydrogen (secondary N) is 1. The minimum absolute atomic E-state index is 0.195. The Labute approximate surface area is 180 Å². The van der Waals surface area contributed by atoms with Gasteiger partial charge >= 0.3 is 0 Å². The molecular weight excluding hydrogens is 396 g/mol. The monoisotopic (exact) mass is 426 g/mol. The number of benzene rings is 1. The van der Waals surface area contributed by atoms with Crippen molar-refractivity contribution in [1.82, 2.24) is 19.6 Å². The summed E-state index contributed by atoms with van der Waals surface area (Å²) in [4.78, 5) is 33.3. The molecule has 2 heterocycles. The Morgan fingerprint density at radius 1 is 1.20 bits per heavy atom. The van der Waals surface area contributed by atoms with Gasteiger partial charge in [0.05, 0.1) is 11.0 Å². The lowest BCUT2D eigenvalue weighted by Crippen LogP contribution is -2.35. The maximum absolute atomic E-state index is 12.7. The van der Waals surface area contributed by atoms with Crippen molar-refractivity contribution in [3.8, 4) is 0 Å². The molecule has 160 valence electrons. The Hall–Kier alpha value is -2.25. The van der Waals surface area contributed by atoms with E-state index in [1.165, 1.54) is 49.5 Å². The van der Waals surface area contributed by atoms with Crippen molar-refractivity contribution < 1.29 is 4.79 Å². The normalized spacial score (nSPS) is 15.3. The van der Waals surface area contributed by atoms with E-state index in [2.05, 4.69) is 22.2 Å². The van der Waals surface area contributed by atoms with Crippen molar-refractivity contribution in [3.63, 3.8) is 0 Å². The third-order valence-electron chi connectivity index (χ3n) is 6.31. The molecule has 0 spiro atoms. The van der Waals surface area contributed by atoms with Gasteiger partial charge in [-0.3, -0.25) is 14.0 Å². The van der Waals surface area contributed by atoms with E-state index in [-0.39, 0.29) is 11.5 Å². The quantitative estimate of drug-likeness (QED) is 0.607. The van der Waals surface area contributed by atoms with E-state index in [0.29, 0.717) is 22.4 Å². The van der Waals surface area contributed by atoms with E-state index in [4.69, 9.17) is 0 Å². The molecule has 0 atom stereocenters. The van der Waals surface area contributed by atoms with Gasteiger partial charge < -0.3 is 10.2 Å². The van der Waals surface area contributed by atoms with Crippen LogP contribution in [0.2, 0.25) is 0 Å². The largest absolute Gasteiger partial charge is 0.351 e. The zero-order chi connectivity index (χ0) is 21.3. The molecule has 1 aromatic carbocycles. The van der Waals surface area contributed by atoms with Crippen LogP contribution in [0.4, 0.5) is 0 Å². The fourth-order valence-corrected chi connectivity index (χ4v) is 5.28. The van der Waals surface area contributed by atoms with E-state index in [0.717, 1.165) is 35.1 Å². The second kappa shape index (κ2) is 8.86. The van der Waals surface area contributed by atoms with Gasteiger partial charge in [0.1, 0.15) is 4.88 Å². The predicted octanol–water partition coefficient (Wildman–Crippen LogP) is 3.91. The van der Waals surface area contributed by atoms with Gasteiger partial charge in [0.25, 0.3) is 11.5 Å². The highest BCUT2D eigenvalue weighted by Crippen LogP contribution is 2.23. The number of imidazole rings is 1. The molecule has 1 amide bonds. The van der Waals surface area contributed by atoms with Crippen molar-refractivity contribution in [1.29, 1.82) is 0 Å². The first-order valence-corrected chi connectivity index (χ1v) is 11.7. The van der Waals surface area contributed by atoms with E-state index >= 15 is 0 Å². The number of carbonyl (C=O) groups excluding carboxylic acids is 1. The molecule has 0 radical (unpaired) electrons. The van der Waals surface area contributed by atoms with Crippen molar-refractivity contribution in [2.75, 3.05) is 20.1 Å². The van der Waals surface area contributed by atoms with Crippen LogP contribution in [0.5, 0.6) is 0 Å². The van der Waals surface area contributed by atoms with E-state index in [1.54, 1.807) is 4.40 Å². The van der Waals surface area contributed by atoms with Crippen LogP contribution < -0.4 is 10.9 Å². The van der Waals surface area contributed by atoms with Crippen molar-refractivity contribution in [3.05, 3.63) is 44.6 Å². The molecule has 0 aliphatic heterocycles. The van der Waals surface area contributed by atoms with Crippen LogP contribution in [0.1, 0.15) is 59.3 Å². The minimum atomic E-state index is -0.211. The highest BCUT2D eigenvalue weighted by Gasteiger charge is 2.18. The van der Waals surface area contributed by atoms with Crippen molar-refractivity contribution >= 4 is 33.2 Å². The summed E-state index contributed by atoms with van der Waals surface area (Å²) in [5.41, 5.74) is 3.63. The fourth-order valence-electron chi connectivity index (χ4n) is 4.33. The first-order chi connectivity index (χ1) is 14.4. The SMILES string of the molecule is Cc1cc2nc3sc(C(=O)NCCCN(C)C4CCCCC4)cc(=O)n3c2cc1C. The van der Waals surface area contributed by atoms with Crippen molar-refractivity contribution in [2.24, 2.45) is 0 Å². The molecule has 0 saturated heterocycles. The minimum Gasteiger partial charge on any atom is -0.351 e. The number of hydrogen-bond donors (Lipinski definition) is 1. The van der Waals surface area contributed by atoms with Crippen LogP contribution in [0.3, 0.4) is 0 Å². The molecule has 1 fully saturated rings. The number of rotatable bonds is 6. The summed E-state index contributed by atoms with van der Waals surface area (Å²) >= 11 is 1.26. The lowest BCUT2D eigenvalue weighted by molar-refractivity contribution is 0.0954. The molecule has 4 rings (SSSR count). The first kappa shape index (κ1) is 21.0. The maximum Gasteiger partial charge on any atom is 0.261 e. The Balaban J connectivity index is 1.42. The average molecular weight is 427 g/mol. The summed E-state index contributed by atoms with van der Waals surface area (Å²) in [6, 6.07) is 6.09. The Kier molecular flexibility index (Phi) is 6.20. The molecule has 2 aromatic heterocycles. The van der Waals surface area contributed by atoms with Crippen LogP contribution in [0, 0.1) is 13.8 Å². The summed E-state index contributed by atoms with van der Waals surface area (Å²) in [7, 11) is 2.18. The second-order valence-electron chi connectivity index (χ2n) is 8.49. The molecule has 1 aliphatic carbocycles. The summed E-state index contributed by atoms with van der Waals surface area (Å²) in [5, 5.41) is 2.97. The van der Waals surface area contributed by atoms with Gasteiger partial charge in [-0.05, 0) is 70.0 Å². The summed E-state index contributed by atoms with van der Waals surface area (Å²) in [5.74, 6) is -0.195. The van der Waals surface area contributed by atoms with E-state index in [1.807, 2.05) is 26.0 Å². The van der Waals surface area contributed by atoms with Gasteiger partial charge in [-0.1, -0.05) is 30.6 Å². The number of aromatic nitrogens is 2. The summed E-state index contributed by atoms with van der Waals surface area (Å²) in [6.45, 7) is 5.64. The zero-order valence-corrected chi connectivity index (χ0v) is 18.8. The Morgan fingerprint density at radius 2 is 1.93 bits per heavy atom. The van der Waals surface area contributed by atoms with Gasteiger partial charge in [-0.2, -0.15) is 0 Å². The van der Waals surface area contributed by atoms with E-state index < -0.39 is 0 Å². The Morgan fingerprint density at radius 3 is 2.70 bits per heavy atom. The molecule has 0 unspecified atom stereocenters. The molecule has 0 bridgehead atoms. The van der Waals surface area contributed by atoms with Crippen molar-refractivity contribution in [2.45, 2.75) is 58.4 Å². The Bertz CT molecular complexity index is 1130. The molecule has 1 aliphatic rings. The number of fused-ring (bicyclic) bond motifs is 3. The second-order valence-corrected chi connectivity index (χ2v) is 9.49. The molecule has 1 N–H and O–H groups in total. The van der Waals surface area contributed by atoms with Gasteiger partial charge in [-0.25, -0.2) is 4.98 Å². The number of hydrogen-bond acceptors (Lipinski definition) is 5. The third-order valence-corrected chi connectivity index (χ3v) is 7.29. The first-order valence-electron chi connectivity index (χ1n) is 10.9. The van der Waals surface area contributed by atoms with Crippen LogP contribution in [0.25, 0.3) is 16.0 Å². The van der Waals surface area contributed by atoms with Gasteiger partial charge in [0.15, 0.2) is 4.96 Å². The van der Waals surface area contributed by atoms with Gasteiger partial charge in [0, 0.05) is 18.7 Å². The lowest BCUT2D eigenvalue weighted by Gasteiger charge is -2.31. The maximum atomic E-state index is 12.7. The topological polar surface area (TPSA) is 66.7 Å². The van der Waals surface area contributed by atoms with Gasteiger partial charge in [0.2, 0.25) is 0 Å². The predicted molar refractivity (Wildman–Crippen MR) is 123 cm³/mol. The van der Waals surface area contributed by atoms with Crippen LogP contribution in [-0.4, -0.2) is 46.4 Å². The zero-order valence-electron chi connectivity index (χ0n) is 18.0. The molecule has 3 aromatic rings. The molecule has 6 nitrogen and oxygen atoms in total. The molecule has 1 saturated carbocycles. The number of amides is 1. The fraction of sp³-hybridized carbons (Fsp3) is 0.522. The molecular formula is C23H30N4O2S. The summed E-state index contributed by atoms with van der Waals surface area (Å²) < 4.78 is 1.60. The van der Waals surface area contributed by atoms with Gasteiger partial charge in [-0.15, -0.1) is 0 Å². The smallest absolute Gasteiger partial charge is 0.261 e. The molecule has 7 heteroatoms. The number of carbonyl (C=O) groups is 1. The lowest BCUT2D eigenvalue weighted by atomic mass is 9.94. The van der Waals surface area contributed by atoms with Crippen LogP contribution in [0.15, 0.2) is 23.0 Å². The number of nitrogens with zero attached hydrogens (tertiary/aromatic N) is 3. The number of aryl methyl sites for hydroxylation is 2. The highest BCUT2D eigenvalue weighted by atomic mass is 32.1. The molecule has 30 heavy (non-hydrogen) atoms.